The fourth-order valence-electron chi connectivity index (χ4n) is 1.50. The van der Waals surface area contributed by atoms with Crippen molar-refractivity contribution in [2.24, 2.45) is 5.73 Å². The number of rotatable bonds is 7. The summed E-state index contributed by atoms with van der Waals surface area (Å²) in [5.74, 6) is 0.872. The van der Waals surface area contributed by atoms with Crippen LogP contribution in [0.1, 0.15) is 25.2 Å². The van der Waals surface area contributed by atoms with E-state index in [-0.39, 0.29) is 0 Å². The van der Waals surface area contributed by atoms with Gasteiger partial charge in [-0.05, 0) is 27.0 Å². The molecule has 0 atom stereocenters. The molecule has 0 aliphatic carbocycles. The number of ether oxygens (including phenoxy) is 1. The standard InChI is InChI=1S/C12H22N2O2/c1-10(2)15-7-5-14(3)9-11-4-6-16-12(11)8-13/h4,6,10H,5,7-9,13H2,1-3H3. The van der Waals surface area contributed by atoms with Crippen molar-refractivity contribution < 1.29 is 9.15 Å². The monoisotopic (exact) mass is 226 g/mol. The Labute approximate surface area is 97.4 Å². The Morgan fingerprint density at radius 2 is 2.25 bits per heavy atom. The number of hydrogen-bond acceptors (Lipinski definition) is 4. The Balaban J connectivity index is 2.31. The second-order valence-electron chi connectivity index (χ2n) is 4.23. The Morgan fingerprint density at radius 1 is 1.50 bits per heavy atom. The molecule has 4 nitrogen and oxygen atoms in total. The van der Waals surface area contributed by atoms with Crippen molar-refractivity contribution in [2.45, 2.75) is 33.0 Å². The van der Waals surface area contributed by atoms with E-state index >= 15 is 0 Å². The summed E-state index contributed by atoms with van der Waals surface area (Å²) in [5.41, 5.74) is 6.74. The predicted molar refractivity (Wildman–Crippen MR) is 64.0 cm³/mol. The fourth-order valence-corrected chi connectivity index (χ4v) is 1.50. The van der Waals surface area contributed by atoms with Gasteiger partial charge in [-0.25, -0.2) is 0 Å². The van der Waals surface area contributed by atoms with Crippen LogP contribution in [0.15, 0.2) is 16.7 Å². The molecule has 0 saturated carbocycles. The number of nitrogens with two attached hydrogens (primary N) is 1. The van der Waals surface area contributed by atoms with Gasteiger partial charge in [0.05, 0.1) is 25.5 Å². The zero-order valence-corrected chi connectivity index (χ0v) is 10.4. The molecular formula is C12H22N2O2. The van der Waals surface area contributed by atoms with Crippen molar-refractivity contribution in [1.82, 2.24) is 4.90 Å². The van der Waals surface area contributed by atoms with Gasteiger partial charge in [0, 0.05) is 18.7 Å². The summed E-state index contributed by atoms with van der Waals surface area (Å²) < 4.78 is 10.8. The number of likely N-dealkylation sites (N-methyl/N-ethyl adjacent to an activating group) is 1. The van der Waals surface area contributed by atoms with E-state index in [4.69, 9.17) is 14.9 Å². The molecule has 0 amide bonds. The van der Waals surface area contributed by atoms with E-state index in [1.165, 1.54) is 0 Å². The highest BCUT2D eigenvalue weighted by molar-refractivity contribution is 5.16. The van der Waals surface area contributed by atoms with Crippen LogP contribution < -0.4 is 5.73 Å². The lowest BCUT2D eigenvalue weighted by molar-refractivity contribution is 0.0626. The molecule has 16 heavy (non-hydrogen) atoms. The fraction of sp³-hybridized carbons (Fsp3) is 0.667. The Bertz CT molecular complexity index is 297. The molecule has 1 heterocycles. The minimum atomic E-state index is 0.293. The zero-order chi connectivity index (χ0) is 12.0. The third-order valence-corrected chi connectivity index (χ3v) is 2.39. The maximum Gasteiger partial charge on any atom is 0.121 e. The van der Waals surface area contributed by atoms with Crippen molar-refractivity contribution in [1.29, 1.82) is 0 Å². The van der Waals surface area contributed by atoms with Crippen LogP contribution in [0.5, 0.6) is 0 Å². The Hall–Kier alpha value is -0.840. The summed E-state index contributed by atoms with van der Waals surface area (Å²) >= 11 is 0. The van der Waals surface area contributed by atoms with E-state index in [1.54, 1.807) is 6.26 Å². The lowest BCUT2D eigenvalue weighted by atomic mass is 10.2. The van der Waals surface area contributed by atoms with Crippen molar-refractivity contribution in [3.63, 3.8) is 0 Å². The SMILES string of the molecule is CC(C)OCCN(C)Cc1ccoc1CN. The molecule has 0 fully saturated rings. The molecule has 1 rings (SSSR count). The summed E-state index contributed by atoms with van der Waals surface area (Å²) in [6.07, 6.45) is 1.98. The van der Waals surface area contributed by atoms with E-state index in [1.807, 2.05) is 19.9 Å². The van der Waals surface area contributed by atoms with Crippen LogP contribution >= 0.6 is 0 Å². The summed E-state index contributed by atoms with van der Waals surface area (Å²) in [6, 6.07) is 1.97. The average molecular weight is 226 g/mol. The maximum atomic E-state index is 5.57. The van der Waals surface area contributed by atoms with Gasteiger partial charge in [0.1, 0.15) is 5.76 Å². The third kappa shape index (κ3) is 4.35. The van der Waals surface area contributed by atoms with Gasteiger partial charge in [0.25, 0.3) is 0 Å². The Morgan fingerprint density at radius 3 is 2.88 bits per heavy atom. The molecule has 2 N–H and O–H groups in total. The molecular weight excluding hydrogens is 204 g/mol. The molecule has 0 spiro atoms. The van der Waals surface area contributed by atoms with Crippen molar-refractivity contribution in [3.8, 4) is 0 Å². The van der Waals surface area contributed by atoms with E-state index in [9.17, 15) is 0 Å². The molecule has 0 aliphatic heterocycles. The van der Waals surface area contributed by atoms with Crippen LogP contribution in [0.4, 0.5) is 0 Å². The van der Waals surface area contributed by atoms with Crippen LogP contribution in [0.3, 0.4) is 0 Å². The summed E-state index contributed by atoms with van der Waals surface area (Å²) in [7, 11) is 2.07. The molecule has 0 unspecified atom stereocenters. The molecule has 4 heteroatoms. The first-order chi connectivity index (χ1) is 7.63. The van der Waals surface area contributed by atoms with Crippen LogP contribution in [0.25, 0.3) is 0 Å². The molecule has 1 aromatic heterocycles. The quantitative estimate of drug-likeness (QED) is 0.767. The molecule has 0 aliphatic rings. The molecule has 1 aromatic rings. The van der Waals surface area contributed by atoms with Gasteiger partial charge in [-0.1, -0.05) is 0 Å². The van der Waals surface area contributed by atoms with Crippen molar-refractivity contribution >= 4 is 0 Å². The summed E-state index contributed by atoms with van der Waals surface area (Å²) in [5, 5.41) is 0. The highest BCUT2D eigenvalue weighted by Gasteiger charge is 2.07. The first kappa shape index (κ1) is 13.2. The lowest BCUT2D eigenvalue weighted by Crippen LogP contribution is -2.24. The van der Waals surface area contributed by atoms with Gasteiger partial charge in [0.15, 0.2) is 0 Å². The normalized spacial score (nSPS) is 11.6. The molecule has 0 radical (unpaired) electrons. The largest absolute Gasteiger partial charge is 0.468 e. The van der Waals surface area contributed by atoms with Gasteiger partial charge >= 0.3 is 0 Å². The van der Waals surface area contributed by atoms with Gasteiger partial charge in [-0.3, -0.25) is 4.90 Å². The highest BCUT2D eigenvalue weighted by Crippen LogP contribution is 2.11. The van der Waals surface area contributed by atoms with Crippen LogP contribution in [0.2, 0.25) is 0 Å². The van der Waals surface area contributed by atoms with Crippen LogP contribution in [-0.2, 0) is 17.8 Å². The maximum absolute atomic E-state index is 5.57. The van der Waals surface area contributed by atoms with Crippen molar-refractivity contribution in [2.75, 3.05) is 20.2 Å². The topological polar surface area (TPSA) is 51.6 Å². The van der Waals surface area contributed by atoms with E-state index < -0.39 is 0 Å². The molecule has 0 bridgehead atoms. The van der Waals surface area contributed by atoms with Gasteiger partial charge in [-0.2, -0.15) is 0 Å². The summed E-state index contributed by atoms with van der Waals surface area (Å²) in [6.45, 7) is 7.06. The Kier molecular flexibility index (Phi) is 5.52. The van der Waals surface area contributed by atoms with Crippen LogP contribution in [0, 0.1) is 0 Å². The first-order valence-electron chi connectivity index (χ1n) is 5.69. The van der Waals surface area contributed by atoms with Crippen molar-refractivity contribution in [3.05, 3.63) is 23.7 Å². The molecule has 0 aromatic carbocycles. The molecule has 0 saturated heterocycles. The van der Waals surface area contributed by atoms with Crippen LogP contribution in [-0.4, -0.2) is 31.2 Å². The zero-order valence-electron chi connectivity index (χ0n) is 10.4. The van der Waals surface area contributed by atoms with Gasteiger partial charge < -0.3 is 14.9 Å². The lowest BCUT2D eigenvalue weighted by Gasteiger charge is -2.17. The number of nitrogens with zero attached hydrogens (tertiary/aromatic N) is 1. The molecule has 92 valence electrons. The number of furan rings is 1. The smallest absolute Gasteiger partial charge is 0.121 e. The third-order valence-electron chi connectivity index (χ3n) is 2.39. The minimum Gasteiger partial charge on any atom is -0.468 e. The predicted octanol–water partition coefficient (Wildman–Crippen LogP) is 1.60. The average Bonchev–Trinajstić information content (AvgIpc) is 2.64. The van der Waals surface area contributed by atoms with E-state index in [0.717, 1.165) is 31.0 Å². The summed E-state index contributed by atoms with van der Waals surface area (Å²) in [4.78, 5) is 2.20. The second-order valence-corrected chi connectivity index (χ2v) is 4.23. The van der Waals surface area contributed by atoms with Gasteiger partial charge in [0.2, 0.25) is 0 Å². The van der Waals surface area contributed by atoms with E-state index in [2.05, 4.69) is 11.9 Å². The first-order valence-corrected chi connectivity index (χ1v) is 5.69. The minimum absolute atomic E-state index is 0.293. The number of hydrogen-bond donors (Lipinski definition) is 1. The van der Waals surface area contributed by atoms with E-state index in [0.29, 0.717) is 12.6 Å². The second kappa shape index (κ2) is 6.68. The highest BCUT2D eigenvalue weighted by atomic mass is 16.5. The van der Waals surface area contributed by atoms with Gasteiger partial charge in [-0.15, -0.1) is 0 Å².